The monoisotopic (exact) mass is 603 g/mol. The van der Waals surface area contributed by atoms with Crippen LogP contribution in [0.3, 0.4) is 0 Å². The number of amides is 2. The maximum atomic E-state index is 13.6. The van der Waals surface area contributed by atoms with Crippen LogP contribution in [0.5, 0.6) is 0 Å². The molecule has 0 atom stereocenters. The Bertz CT molecular complexity index is 1290. The molecule has 2 saturated heterocycles. The van der Waals surface area contributed by atoms with Gasteiger partial charge in [-0.2, -0.15) is 4.31 Å². The summed E-state index contributed by atoms with van der Waals surface area (Å²) in [5, 5.41) is 15.1. The maximum Gasteiger partial charge on any atom is 0.317 e. The Kier molecular flexibility index (Phi) is 9.74. The number of nitrogens with one attached hydrogen (secondary N) is 1. The minimum Gasteiger partial charge on any atom is -0.379 e. The van der Waals surface area contributed by atoms with E-state index in [9.17, 15) is 23.3 Å². The van der Waals surface area contributed by atoms with Crippen LogP contribution in [-0.4, -0.2) is 99.0 Å². The molecule has 2 aromatic carbocycles. The molecular weight excluding hydrogens is 577 g/mol. The lowest BCUT2D eigenvalue weighted by Gasteiger charge is -2.34. The molecule has 0 aliphatic carbocycles. The standard InChI is InChI=1S/C23H27Cl2N5O6S2/c24-17-1-3-19(25)21(15-17)37-20-4-2-18(30(32)33)16-22(20)38(34,35)29-9-7-28(8-10-29)23(31)26-5-6-27-11-13-36-14-12-27/h1-4,15-16H,5-14H2,(H,26,31). The third-order valence-electron chi connectivity index (χ3n) is 6.20. The van der Waals surface area contributed by atoms with Crippen molar-refractivity contribution in [2.24, 2.45) is 0 Å². The van der Waals surface area contributed by atoms with Crippen LogP contribution < -0.4 is 5.32 Å². The van der Waals surface area contributed by atoms with Gasteiger partial charge in [0.2, 0.25) is 10.0 Å². The summed E-state index contributed by atoms with van der Waals surface area (Å²) in [6, 6.07) is 8.25. The van der Waals surface area contributed by atoms with Crippen molar-refractivity contribution in [1.29, 1.82) is 0 Å². The van der Waals surface area contributed by atoms with Crippen molar-refractivity contribution in [3.8, 4) is 0 Å². The van der Waals surface area contributed by atoms with Crippen molar-refractivity contribution >= 4 is 56.7 Å². The first-order valence-corrected chi connectivity index (χ1v) is 14.9. The number of morpholine rings is 1. The first-order valence-electron chi connectivity index (χ1n) is 11.9. The van der Waals surface area contributed by atoms with E-state index >= 15 is 0 Å². The fourth-order valence-corrected chi connectivity index (χ4v) is 7.41. The maximum absolute atomic E-state index is 13.6. The zero-order valence-electron chi connectivity index (χ0n) is 20.3. The highest BCUT2D eigenvalue weighted by molar-refractivity contribution is 8.00. The molecular formula is C23H27Cl2N5O6S2. The van der Waals surface area contributed by atoms with E-state index in [-0.39, 0.29) is 47.7 Å². The Hall–Kier alpha value is -2.13. The molecule has 4 rings (SSSR count). The number of rotatable bonds is 8. The number of non-ortho nitro benzene ring substituents is 1. The van der Waals surface area contributed by atoms with Crippen LogP contribution in [0.15, 0.2) is 51.1 Å². The summed E-state index contributed by atoms with van der Waals surface area (Å²) < 4.78 is 33.9. The molecule has 206 valence electrons. The molecule has 15 heteroatoms. The summed E-state index contributed by atoms with van der Waals surface area (Å²) >= 11 is 13.4. The van der Waals surface area contributed by atoms with Gasteiger partial charge >= 0.3 is 6.03 Å². The molecule has 2 aliphatic rings. The quantitative estimate of drug-likeness (QED) is 0.359. The van der Waals surface area contributed by atoms with E-state index in [1.54, 1.807) is 23.1 Å². The lowest BCUT2D eigenvalue weighted by Crippen LogP contribution is -2.53. The van der Waals surface area contributed by atoms with Crippen LogP contribution in [-0.2, 0) is 14.8 Å². The predicted octanol–water partition coefficient (Wildman–Crippen LogP) is 3.40. The number of urea groups is 1. The van der Waals surface area contributed by atoms with Crippen LogP contribution >= 0.6 is 35.0 Å². The van der Waals surface area contributed by atoms with Crippen molar-refractivity contribution in [1.82, 2.24) is 19.4 Å². The van der Waals surface area contributed by atoms with Crippen molar-refractivity contribution in [2.45, 2.75) is 14.7 Å². The number of sulfonamides is 1. The highest BCUT2D eigenvalue weighted by Crippen LogP contribution is 2.40. The Labute approximate surface area is 235 Å². The summed E-state index contributed by atoms with van der Waals surface area (Å²) in [7, 11) is -4.12. The first kappa shape index (κ1) is 28.9. The minimum absolute atomic E-state index is 0.0595. The second-order valence-electron chi connectivity index (χ2n) is 8.64. The van der Waals surface area contributed by atoms with E-state index in [0.29, 0.717) is 41.2 Å². The number of benzene rings is 2. The van der Waals surface area contributed by atoms with Gasteiger partial charge in [0.25, 0.3) is 5.69 Å². The van der Waals surface area contributed by atoms with Crippen LogP contribution in [0.4, 0.5) is 10.5 Å². The molecule has 0 radical (unpaired) electrons. The zero-order valence-corrected chi connectivity index (χ0v) is 23.5. The van der Waals surface area contributed by atoms with Crippen LogP contribution in [0.25, 0.3) is 0 Å². The van der Waals surface area contributed by atoms with E-state index in [4.69, 9.17) is 27.9 Å². The number of carbonyl (C=O) groups excluding carboxylic acids is 1. The normalized spacial score (nSPS) is 17.4. The number of hydrogen-bond donors (Lipinski definition) is 1. The molecule has 2 aromatic rings. The lowest BCUT2D eigenvalue weighted by atomic mass is 10.3. The average Bonchev–Trinajstić information content (AvgIpc) is 2.91. The van der Waals surface area contributed by atoms with Crippen LogP contribution in [0.2, 0.25) is 10.0 Å². The minimum atomic E-state index is -4.12. The summed E-state index contributed by atoms with van der Waals surface area (Å²) in [5.41, 5.74) is -0.344. The molecule has 0 unspecified atom stereocenters. The van der Waals surface area contributed by atoms with Crippen molar-refractivity contribution in [3.63, 3.8) is 0 Å². The van der Waals surface area contributed by atoms with Gasteiger partial charge in [-0.1, -0.05) is 35.0 Å². The van der Waals surface area contributed by atoms with Gasteiger partial charge in [0.05, 0.1) is 23.2 Å². The Morgan fingerprint density at radius 3 is 2.42 bits per heavy atom. The molecule has 2 amide bonds. The van der Waals surface area contributed by atoms with Crippen molar-refractivity contribution in [2.75, 3.05) is 65.6 Å². The van der Waals surface area contributed by atoms with Crippen molar-refractivity contribution in [3.05, 3.63) is 56.6 Å². The van der Waals surface area contributed by atoms with E-state index in [1.165, 1.54) is 16.4 Å². The Balaban J connectivity index is 1.44. The topological polar surface area (TPSA) is 125 Å². The number of hydrogen-bond acceptors (Lipinski definition) is 8. The van der Waals surface area contributed by atoms with Gasteiger partial charge in [-0.3, -0.25) is 15.0 Å². The van der Waals surface area contributed by atoms with E-state index in [1.807, 2.05) is 0 Å². The molecule has 1 N–H and O–H groups in total. The SMILES string of the molecule is O=C(NCCN1CCOCC1)N1CCN(S(=O)(=O)c2cc([N+](=O)[O-])ccc2Sc2cc(Cl)ccc2Cl)CC1. The molecule has 0 spiro atoms. The second-order valence-corrected chi connectivity index (χ2v) is 12.5. The van der Waals surface area contributed by atoms with Gasteiger partial charge < -0.3 is 15.0 Å². The molecule has 2 heterocycles. The highest BCUT2D eigenvalue weighted by atomic mass is 35.5. The largest absolute Gasteiger partial charge is 0.379 e. The Morgan fingerprint density at radius 2 is 1.74 bits per heavy atom. The number of halogens is 2. The molecule has 0 bridgehead atoms. The fourth-order valence-electron chi connectivity index (χ4n) is 4.10. The zero-order chi connectivity index (χ0) is 27.3. The summed E-state index contributed by atoms with van der Waals surface area (Å²) in [6.07, 6.45) is 0. The summed E-state index contributed by atoms with van der Waals surface area (Å²) in [6.45, 7) is 4.73. The Morgan fingerprint density at radius 1 is 1.03 bits per heavy atom. The number of carbonyl (C=O) groups is 1. The van der Waals surface area contributed by atoms with E-state index in [2.05, 4.69) is 10.2 Å². The number of nitro benzene ring substituents is 1. The number of piperazine rings is 1. The van der Waals surface area contributed by atoms with Gasteiger partial charge in [0.1, 0.15) is 4.90 Å². The molecule has 2 fully saturated rings. The number of ether oxygens (including phenoxy) is 1. The molecule has 0 saturated carbocycles. The van der Waals surface area contributed by atoms with Gasteiger partial charge in [0.15, 0.2) is 0 Å². The second kappa shape index (κ2) is 12.8. The third kappa shape index (κ3) is 7.08. The van der Waals surface area contributed by atoms with E-state index < -0.39 is 14.9 Å². The molecule has 11 nitrogen and oxygen atoms in total. The van der Waals surface area contributed by atoms with E-state index in [0.717, 1.165) is 30.9 Å². The lowest BCUT2D eigenvalue weighted by molar-refractivity contribution is -0.385. The van der Waals surface area contributed by atoms with Crippen LogP contribution in [0, 0.1) is 10.1 Å². The average molecular weight is 605 g/mol. The van der Waals surface area contributed by atoms with Crippen molar-refractivity contribution < 1.29 is 22.9 Å². The van der Waals surface area contributed by atoms with Crippen LogP contribution in [0.1, 0.15) is 0 Å². The van der Waals surface area contributed by atoms with Gasteiger partial charge in [-0.15, -0.1) is 0 Å². The summed E-state index contributed by atoms with van der Waals surface area (Å²) in [5.74, 6) is 0. The fraction of sp³-hybridized carbons (Fsp3) is 0.435. The smallest absolute Gasteiger partial charge is 0.317 e. The first-order chi connectivity index (χ1) is 18.1. The number of nitrogens with zero attached hydrogens (tertiary/aromatic N) is 4. The van der Waals surface area contributed by atoms with Gasteiger partial charge in [-0.05, 0) is 24.3 Å². The number of nitro groups is 1. The molecule has 2 aliphatic heterocycles. The third-order valence-corrected chi connectivity index (χ3v) is 10.1. The molecule has 38 heavy (non-hydrogen) atoms. The van der Waals surface area contributed by atoms with Gasteiger partial charge in [0, 0.05) is 79.3 Å². The summed E-state index contributed by atoms with van der Waals surface area (Å²) in [4.78, 5) is 27.8. The highest BCUT2D eigenvalue weighted by Gasteiger charge is 2.33. The molecule has 0 aromatic heterocycles. The predicted molar refractivity (Wildman–Crippen MR) is 145 cm³/mol. The van der Waals surface area contributed by atoms with Gasteiger partial charge in [-0.25, -0.2) is 13.2 Å².